The average Bonchev–Trinajstić information content (AvgIpc) is 2.52. The van der Waals surface area contributed by atoms with Gasteiger partial charge >= 0.3 is 6.18 Å². The number of halogens is 3. The van der Waals surface area contributed by atoms with Crippen molar-refractivity contribution in [3.05, 3.63) is 29.3 Å². The molecule has 4 N–H and O–H groups in total. The molecule has 0 aliphatic carbocycles. The number of benzene rings is 1. The van der Waals surface area contributed by atoms with Gasteiger partial charge in [0.2, 0.25) is 0 Å². The molecule has 0 bridgehead atoms. The molecule has 1 saturated heterocycles. The van der Waals surface area contributed by atoms with Crippen LogP contribution in [-0.4, -0.2) is 37.4 Å². The first-order chi connectivity index (χ1) is 10.8. The number of ether oxygens (including phenoxy) is 1. The van der Waals surface area contributed by atoms with Crippen molar-refractivity contribution in [2.75, 3.05) is 31.7 Å². The number of carbonyl (C=O) groups excluding carboxylic acids is 1. The first-order valence-corrected chi connectivity index (χ1v) is 7.21. The number of aliphatic hydroxyl groups is 1. The molecule has 128 valence electrons. The third-order valence-electron chi connectivity index (χ3n) is 4.16. The van der Waals surface area contributed by atoms with Gasteiger partial charge in [0.05, 0.1) is 17.7 Å². The number of nitrogens with two attached hydrogens (primary N) is 1. The Labute approximate surface area is 131 Å². The van der Waals surface area contributed by atoms with Crippen LogP contribution in [-0.2, 0) is 10.9 Å². The second-order valence-electron chi connectivity index (χ2n) is 5.75. The maximum absolute atomic E-state index is 12.7. The van der Waals surface area contributed by atoms with Crippen LogP contribution in [0.3, 0.4) is 0 Å². The molecule has 5 nitrogen and oxygen atoms in total. The van der Waals surface area contributed by atoms with E-state index in [1.165, 1.54) is 6.07 Å². The quantitative estimate of drug-likeness (QED) is 0.770. The number of hydrogen-bond acceptors (Lipinski definition) is 4. The standard InChI is InChI=1S/C15H19F3N2O3/c16-15(17,18)10-1-2-12(11(7-10)13(19)22)20-8-14(9-21)3-5-23-6-4-14/h1-2,7,20-21H,3-6,8-9H2,(H2,19,22). The largest absolute Gasteiger partial charge is 0.416 e. The average molecular weight is 332 g/mol. The molecular weight excluding hydrogens is 313 g/mol. The van der Waals surface area contributed by atoms with E-state index in [1.807, 2.05) is 0 Å². The first kappa shape index (κ1) is 17.6. The Balaban J connectivity index is 2.20. The fourth-order valence-corrected chi connectivity index (χ4v) is 2.56. The number of carbonyl (C=O) groups is 1. The molecule has 0 radical (unpaired) electrons. The van der Waals surface area contributed by atoms with Gasteiger partial charge in [0.25, 0.3) is 5.91 Å². The highest BCUT2D eigenvalue weighted by Gasteiger charge is 2.33. The zero-order valence-corrected chi connectivity index (χ0v) is 12.4. The number of alkyl halides is 3. The van der Waals surface area contributed by atoms with Crippen molar-refractivity contribution in [2.45, 2.75) is 19.0 Å². The summed E-state index contributed by atoms with van der Waals surface area (Å²) in [6.07, 6.45) is -3.29. The van der Waals surface area contributed by atoms with Gasteiger partial charge in [-0.15, -0.1) is 0 Å². The lowest BCUT2D eigenvalue weighted by molar-refractivity contribution is -0.137. The zero-order chi connectivity index (χ0) is 17.1. The molecule has 1 aliphatic rings. The SMILES string of the molecule is NC(=O)c1cc(C(F)(F)F)ccc1NCC1(CO)CCOCC1. The summed E-state index contributed by atoms with van der Waals surface area (Å²) in [5.41, 5.74) is 3.84. The summed E-state index contributed by atoms with van der Waals surface area (Å²) in [5, 5.41) is 12.6. The third-order valence-corrected chi connectivity index (χ3v) is 4.16. The van der Waals surface area contributed by atoms with E-state index in [0.717, 1.165) is 12.1 Å². The van der Waals surface area contributed by atoms with Gasteiger partial charge < -0.3 is 20.9 Å². The molecule has 0 unspecified atom stereocenters. The van der Waals surface area contributed by atoms with Crippen molar-refractivity contribution < 1.29 is 27.8 Å². The van der Waals surface area contributed by atoms with Gasteiger partial charge in [0.15, 0.2) is 0 Å². The number of amides is 1. The first-order valence-electron chi connectivity index (χ1n) is 7.21. The van der Waals surface area contributed by atoms with Crippen LogP contribution in [0.4, 0.5) is 18.9 Å². The van der Waals surface area contributed by atoms with Crippen molar-refractivity contribution in [3.63, 3.8) is 0 Å². The van der Waals surface area contributed by atoms with Gasteiger partial charge in [-0.3, -0.25) is 4.79 Å². The highest BCUT2D eigenvalue weighted by molar-refractivity contribution is 5.98. The van der Waals surface area contributed by atoms with Crippen LogP contribution < -0.4 is 11.1 Å². The van der Waals surface area contributed by atoms with Gasteiger partial charge in [-0.05, 0) is 31.0 Å². The minimum absolute atomic E-state index is 0.0735. The topological polar surface area (TPSA) is 84.6 Å². The molecule has 0 aromatic heterocycles. The van der Waals surface area contributed by atoms with E-state index >= 15 is 0 Å². The molecule has 2 rings (SSSR count). The normalized spacial score (nSPS) is 17.7. The Kier molecular flexibility index (Phi) is 5.16. The molecule has 1 amide bonds. The minimum Gasteiger partial charge on any atom is -0.396 e. The molecule has 0 atom stereocenters. The Morgan fingerprint density at radius 3 is 2.52 bits per heavy atom. The lowest BCUT2D eigenvalue weighted by atomic mass is 9.81. The van der Waals surface area contributed by atoms with E-state index in [-0.39, 0.29) is 17.9 Å². The van der Waals surface area contributed by atoms with Crippen molar-refractivity contribution in [1.82, 2.24) is 0 Å². The molecule has 1 fully saturated rings. The molecule has 0 saturated carbocycles. The van der Waals surface area contributed by atoms with Crippen LogP contribution in [0.15, 0.2) is 18.2 Å². The maximum atomic E-state index is 12.7. The maximum Gasteiger partial charge on any atom is 0.416 e. The molecule has 1 aromatic rings. The Morgan fingerprint density at radius 1 is 1.35 bits per heavy atom. The van der Waals surface area contributed by atoms with Crippen LogP contribution in [0.25, 0.3) is 0 Å². The molecular formula is C15H19F3N2O3. The fraction of sp³-hybridized carbons (Fsp3) is 0.533. The van der Waals surface area contributed by atoms with E-state index < -0.39 is 23.1 Å². The lowest BCUT2D eigenvalue weighted by Crippen LogP contribution is -2.39. The Morgan fingerprint density at radius 2 is 2.00 bits per heavy atom. The second-order valence-corrected chi connectivity index (χ2v) is 5.75. The summed E-state index contributed by atoms with van der Waals surface area (Å²) >= 11 is 0. The zero-order valence-electron chi connectivity index (χ0n) is 12.4. The van der Waals surface area contributed by atoms with Crippen LogP contribution in [0.2, 0.25) is 0 Å². The number of aliphatic hydroxyl groups excluding tert-OH is 1. The summed E-state index contributed by atoms with van der Waals surface area (Å²) in [6.45, 7) is 1.27. The number of anilines is 1. The van der Waals surface area contributed by atoms with Crippen molar-refractivity contribution >= 4 is 11.6 Å². The lowest BCUT2D eigenvalue weighted by Gasteiger charge is -2.36. The Hall–Kier alpha value is -1.80. The highest BCUT2D eigenvalue weighted by Crippen LogP contribution is 2.33. The van der Waals surface area contributed by atoms with E-state index in [0.29, 0.717) is 32.6 Å². The molecule has 1 heterocycles. The van der Waals surface area contributed by atoms with E-state index in [1.54, 1.807) is 0 Å². The number of primary amides is 1. The van der Waals surface area contributed by atoms with Crippen molar-refractivity contribution in [2.24, 2.45) is 11.1 Å². The van der Waals surface area contributed by atoms with Crippen LogP contribution >= 0.6 is 0 Å². The summed E-state index contributed by atoms with van der Waals surface area (Å²) in [4.78, 5) is 11.4. The van der Waals surface area contributed by atoms with Gasteiger partial charge in [-0.25, -0.2) is 0 Å². The third kappa shape index (κ3) is 4.14. The number of hydrogen-bond donors (Lipinski definition) is 3. The van der Waals surface area contributed by atoms with Crippen LogP contribution in [0, 0.1) is 5.41 Å². The van der Waals surface area contributed by atoms with Crippen LogP contribution in [0.1, 0.15) is 28.8 Å². The van der Waals surface area contributed by atoms with Gasteiger partial charge in [0.1, 0.15) is 0 Å². The smallest absolute Gasteiger partial charge is 0.396 e. The van der Waals surface area contributed by atoms with Crippen LogP contribution in [0.5, 0.6) is 0 Å². The molecule has 23 heavy (non-hydrogen) atoms. The van der Waals surface area contributed by atoms with E-state index in [4.69, 9.17) is 10.5 Å². The van der Waals surface area contributed by atoms with Crippen molar-refractivity contribution in [1.29, 1.82) is 0 Å². The van der Waals surface area contributed by atoms with Crippen molar-refractivity contribution in [3.8, 4) is 0 Å². The summed E-state index contributed by atoms with van der Waals surface area (Å²) < 4.78 is 43.5. The number of rotatable bonds is 5. The van der Waals surface area contributed by atoms with Gasteiger partial charge in [-0.2, -0.15) is 13.2 Å². The predicted octanol–water partition coefficient (Wildman–Crippen LogP) is 2.01. The number of nitrogens with one attached hydrogen (secondary N) is 1. The van der Waals surface area contributed by atoms with E-state index in [9.17, 15) is 23.1 Å². The Bertz CT molecular complexity index is 570. The molecule has 0 spiro atoms. The fourth-order valence-electron chi connectivity index (χ4n) is 2.56. The summed E-state index contributed by atoms with van der Waals surface area (Å²) in [7, 11) is 0. The second kappa shape index (κ2) is 6.76. The van der Waals surface area contributed by atoms with Gasteiger partial charge in [0, 0.05) is 30.9 Å². The molecule has 1 aliphatic heterocycles. The summed E-state index contributed by atoms with van der Waals surface area (Å²) in [5.74, 6) is -0.941. The minimum atomic E-state index is -4.55. The molecule has 1 aromatic carbocycles. The monoisotopic (exact) mass is 332 g/mol. The van der Waals surface area contributed by atoms with E-state index in [2.05, 4.69) is 5.32 Å². The summed E-state index contributed by atoms with van der Waals surface area (Å²) in [6, 6.07) is 2.82. The highest BCUT2D eigenvalue weighted by atomic mass is 19.4. The molecule has 8 heteroatoms. The van der Waals surface area contributed by atoms with Gasteiger partial charge in [-0.1, -0.05) is 0 Å². The predicted molar refractivity (Wildman–Crippen MR) is 78.0 cm³/mol.